The number of hydrogen-bond donors (Lipinski definition) is 1. The van der Waals surface area contributed by atoms with E-state index in [4.69, 9.17) is 5.11 Å². The van der Waals surface area contributed by atoms with Crippen molar-refractivity contribution in [1.29, 1.82) is 0 Å². The minimum atomic E-state index is -0.936. The zero-order valence-electron chi connectivity index (χ0n) is 10.2. The van der Waals surface area contributed by atoms with E-state index in [-0.39, 0.29) is 5.56 Å². The summed E-state index contributed by atoms with van der Waals surface area (Å²) in [5.74, 6) is -0.0817. The summed E-state index contributed by atoms with van der Waals surface area (Å²) in [6.07, 6.45) is 1.77. The molecule has 19 heavy (non-hydrogen) atoms. The first kappa shape index (κ1) is 11.9. The Hall–Kier alpha value is -2.21. The molecule has 0 aliphatic carbocycles. The van der Waals surface area contributed by atoms with Crippen molar-refractivity contribution in [1.82, 2.24) is 14.5 Å². The van der Waals surface area contributed by atoms with E-state index in [2.05, 4.69) is 9.97 Å². The van der Waals surface area contributed by atoms with Crippen LogP contribution in [0.3, 0.4) is 0 Å². The van der Waals surface area contributed by atoms with Crippen LogP contribution in [0.2, 0.25) is 0 Å². The molecule has 0 bridgehead atoms. The third kappa shape index (κ3) is 2.10. The minimum absolute atomic E-state index is 0.256. The molecular weight excluding hydrogens is 262 g/mol. The highest BCUT2D eigenvalue weighted by atomic mass is 32.1. The number of fused-ring (bicyclic) bond motifs is 1. The van der Waals surface area contributed by atoms with Crippen LogP contribution in [-0.2, 0) is 6.54 Å². The van der Waals surface area contributed by atoms with E-state index in [1.54, 1.807) is 35.7 Å². The Labute approximate surface area is 113 Å². The first-order chi connectivity index (χ1) is 9.15. The Morgan fingerprint density at radius 1 is 1.47 bits per heavy atom. The average Bonchev–Trinajstić information content (AvgIpc) is 2.98. The predicted octanol–water partition coefficient (Wildman–Crippen LogP) is 2.55. The quantitative estimate of drug-likeness (QED) is 0.796. The molecule has 2 aromatic heterocycles. The molecule has 0 atom stereocenters. The Morgan fingerprint density at radius 2 is 2.32 bits per heavy atom. The molecule has 0 aliphatic heterocycles. The number of carboxylic acids is 1. The second kappa shape index (κ2) is 4.47. The highest BCUT2D eigenvalue weighted by Gasteiger charge is 2.11. The average molecular weight is 273 g/mol. The molecule has 1 N–H and O–H groups in total. The van der Waals surface area contributed by atoms with Gasteiger partial charge < -0.3 is 9.67 Å². The fraction of sp³-hybridized carbons (Fsp3) is 0.154. The lowest BCUT2D eigenvalue weighted by molar-refractivity contribution is 0.0697. The molecule has 1 aromatic carbocycles. The number of benzene rings is 1. The summed E-state index contributed by atoms with van der Waals surface area (Å²) in [5, 5.41) is 11.9. The summed E-state index contributed by atoms with van der Waals surface area (Å²) in [4.78, 5) is 19.6. The number of carboxylic acid groups (broad SMARTS) is 1. The highest BCUT2D eigenvalue weighted by molar-refractivity contribution is 7.09. The van der Waals surface area contributed by atoms with Crippen molar-refractivity contribution in [2.75, 3.05) is 0 Å². The number of rotatable bonds is 3. The minimum Gasteiger partial charge on any atom is -0.478 e. The lowest BCUT2D eigenvalue weighted by Crippen LogP contribution is -2.01. The molecule has 3 rings (SSSR count). The molecule has 0 unspecified atom stereocenters. The predicted molar refractivity (Wildman–Crippen MR) is 72.6 cm³/mol. The van der Waals surface area contributed by atoms with Crippen molar-refractivity contribution in [3.63, 3.8) is 0 Å². The lowest BCUT2D eigenvalue weighted by Gasteiger charge is -2.04. The van der Waals surface area contributed by atoms with Crippen LogP contribution < -0.4 is 0 Å². The summed E-state index contributed by atoms with van der Waals surface area (Å²) in [5.41, 5.74) is 1.89. The van der Waals surface area contributed by atoms with Crippen LogP contribution in [0.1, 0.15) is 21.2 Å². The van der Waals surface area contributed by atoms with E-state index in [1.165, 1.54) is 0 Å². The molecule has 0 amide bonds. The molecule has 0 aliphatic rings. The van der Waals surface area contributed by atoms with Gasteiger partial charge in [0.1, 0.15) is 10.8 Å². The summed E-state index contributed by atoms with van der Waals surface area (Å²) < 4.78 is 2.04. The highest BCUT2D eigenvalue weighted by Crippen LogP contribution is 2.20. The first-order valence-corrected chi connectivity index (χ1v) is 6.61. The van der Waals surface area contributed by atoms with Crippen LogP contribution >= 0.6 is 11.3 Å². The van der Waals surface area contributed by atoms with Gasteiger partial charge in [0.25, 0.3) is 0 Å². The Morgan fingerprint density at radius 3 is 3.00 bits per heavy atom. The molecule has 96 valence electrons. The number of aromatic nitrogens is 3. The summed E-state index contributed by atoms with van der Waals surface area (Å²) in [6.45, 7) is 2.57. The molecule has 0 radical (unpaired) electrons. The lowest BCUT2D eigenvalue weighted by atomic mass is 10.2. The molecule has 6 heteroatoms. The fourth-order valence-electron chi connectivity index (χ4n) is 2.05. The fourth-order valence-corrected chi connectivity index (χ4v) is 2.65. The molecule has 2 heterocycles. The molecular formula is C13H11N3O2S. The molecule has 0 spiro atoms. The molecule has 0 saturated carbocycles. The molecule has 0 fully saturated rings. The van der Waals surface area contributed by atoms with Crippen molar-refractivity contribution in [3.8, 4) is 0 Å². The van der Waals surface area contributed by atoms with Crippen LogP contribution in [0.5, 0.6) is 0 Å². The third-order valence-corrected chi connectivity index (χ3v) is 3.73. The second-order valence-electron chi connectivity index (χ2n) is 4.18. The van der Waals surface area contributed by atoms with Gasteiger partial charge in [-0.1, -0.05) is 0 Å². The second-order valence-corrected chi connectivity index (χ2v) is 5.16. The van der Waals surface area contributed by atoms with Gasteiger partial charge in [0, 0.05) is 11.6 Å². The van der Waals surface area contributed by atoms with Gasteiger partial charge >= 0.3 is 5.97 Å². The van der Waals surface area contributed by atoms with E-state index >= 15 is 0 Å². The Balaban J connectivity index is 2.09. The summed E-state index contributed by atoms with van der Waals surface area (Å²) in [6, 6.07) is 5.00. The number of carbonyl (C=O) groups is 1. The van der Waals surface area contributed by atoms with E-state index < -0.39 is 5.97 Å². The zero-order valence-corrected chi connectivity index (χ0v) is 11.0. The van der Waals surface area contributed by atoms with E-state index in [0.717, 1.165) is 16.3 Å². The van der Waals surface area contributed by atoms with Crippen LogP contribution in [0.4, 0.5) is 0 Å². The standard InChI is InChI=1S/C13H11N3O2S/c1-8-15-10-6-9(13(17)18)2-3-11(10)16(8)7-12-14-4-5-19-12/h2-6H,7H2,1H3,(H,17,18). The molecule has 3 aromatic rings. The van der Waals surface area contributed by atoms with Crippen LogP contribution in [-0.4, -0.2) is 25.6 Å². The van der Waals surface area contributed by atoms with Gasteiger partial charge in [0.2, 0.25) is 0 Å². The number of thiazole rings is 1. The molecule has 0 saturated heterocycles. The van der Waals surface area contributed by atoms with Crippen molar-refractivity contribution < 1.29 is 9.90 Å². The van der Waals surface area contributed by atoms with E-state index in [1.807, 2.05) is 16.9 Å². The third-order valence-electron chi connectivity index (χ3n) is 2.96. The Bertz CT molecular complexity index is 747. The maximum absolute atomic E-state index is 10.9. The number of imidazole rings is 1. The molecule has 5 nitrogen and oxygen atoms in total. The first-order valence-electron chi connectivity index (χ1n) is 5.73. The number of hydrogen-bond acceptors (Lipinski definition) is 4. The Kier molecular flexibility index (Phi) is 2.79. The van der Waals surface area contributed by atoms with Gasteiger partial charge in [0.05, 0.1) is 23.1 Å². The van der Waals surface area contributed by atoms with Crippen molar-refractivity contribution in [2.45, 2.75) is 13.5 Å². The van der Waals surface area contributed by atoms with Crippen LogP contribution in [0.15, 0.2) is 29.8 Å². The van der Waals surface area contributed by atoms with E-state index in [0.29, 0.717) is 12.1 Å². The SMILES string of the molecule is Cc1nc2cc(C(=O)O)ccc2n1Cc1nccs1. The van der Waals surface area contributed by atoms with Crippen LogP contribution in [0.25, 0.3) is 11.0 Å². The van der Waals surface area contributed by atoms with Gasteiger partial charge in [0.15, 0.2) is 0 Å². The maximum atomic E-state index is 10.9. The van der Waals surface area contributed by atoms with Crippen LogP contribution in [0, 0.1) is 6.92 Å². The normalized spacial score (nSPS) is 11.0. The van der Waals surface area contributed by atoms with Gasteiger partial charge in [-0.15, -0.1) is 11.3 Å². The van der Waals surface area contributed by atoms with Gasteiger partial charge in [-0.05, 0) is 25.1 Å². The van der Waals surface area contributed by atoms with Crippen molar-refractivity contribution in [3.05, 3.63) is 46.2 Å². The van der Waals surface area contributed by atoms with Gasteiger partial charge in [-0.25, -0.2) is 14.8 Å². The van der Waals surface area contributed by atoms with E-state index in [9.17, 15) is 4.79 Å². The monoisotopic (exact) mass is 273 g/mol. The van der Waals surface area contributed by atoms with Gasteiger partial charge in [-0.2, -0.15) is 0 Å². The number of aryl methyl sites for hydroxylation is 1. The topological polar surface area (TPSA) is 68.0 Å². The zero-order chi connectivity index (χ0) is 13.4. The smallest absolute Gasteiger partial charge is 0.335 e. The summed E-state index contributed by atoms with van der Waals surface area (Å²) in [7, 11) is 0. The van der Waals surface area contributed by atoms with Crippen molar-refractivity contribution in [2.24, 2.45) is 0 Å². The van der Waals surface area contributed by atoms with Crippen molar-refractivity contribution >= 4 is 28.3 Å². The largest absolute Gasteiger partial charge is 0.478 e. The summed E-state index contributed by atoms with van der Waals surface area (Å²) >= 11 is 1.59. The maximum Gasteiger partial charge on any atom is 0.335 e. The number of nitrogens with zero attached hydrogens (tertiary/aromatic N) is 3. The number of aromatic carboxylic acids is 1. The van der Waals surface area contributed by atoms with Gasteiger partial charge in [-0.3, -0.25) is 0 Å².